The third-order valence-corrected chi connectivity index (χ3v) is 1.80. The predicted molar refractivity (Wildman–Crippen MR) is 52.6 cm³/mol. The molecule has 0 amide bonds. The Morgan fingerprint density at radius 3 is 2.80 bits per heavy atom. The van der Waals surface area contributed by atoms with Gasteiger partial charge in [-0.2, -0.15) is 0 Å². The summed E-state index contributed by atoms with van der Waals surface area (Å²) in [7, 11) is 0. The van der Waals surface area contributed by atoms with Crippen LogP contribution in [0.3, 0.4) is 0 Å². The average Bonchev–Trinajstić information content (AvgIpc) is 2.25. The predicted octanol–water partition coefficient (Wildman–Crippen LogP) is 2.85. The molecule has 15 heavy (non-hydrogen) atoms. The molecule has 0 atom stereocenters. The van der Waals surface area contributed by atoms with Crippen LogP contribution in [0.25, 0.3) is 0 Å². The van der Waals surface area contributed by atoms with Crippen LogP contribution in [0.5, 0.6) is 5.75 Å². The molecule has 0 aliphatic carbocycles. The van der Waals surface area contributed by atoms with Gasteiger partial charge >= 0.3 is 5.97 Å². The van der Waals surface area contributed by atoms with Gasteiger partial charge in [-0.25, -0.2) is 9.18 Å². The first-order valence-electron chi connectivity index (χ1n) is 4.86. The zero-order chi connectivity index (χ0) is 11.1. The van der Waals surface area contributed by atoms with Gasteiger partial charge in [0.15, 0.2) is 5.82 Å². The molecule has 1 aromatic carbocycles. The van der Waals surface area contributed by atoms with Crippen molar-refractivity contribution in [2.75, 3.05) is 0 Å². The van der Waals surface area contributed by atoms with Gasteiger partial charge in [0.05, 0.1) is 6.42 Å². The molecule has 0 aliphatic rings. The highest BCUT2D eigenvalue weighted by molar-refractivity contribution is 5.68. The molecule has 1 rings (SSSR count). The largest absolute Gasteiger partial charge is 0.355 e. The van der Waals surface area contributed by atoms with Crippen LogP contribution < -0.4 is 4.89 Å². The minimum atomic E-state index is -0.555. The molecule has 0 aliphatic heterocycles. The lowest BCUT2D eigenvalue weighted by atomic mass is 10.3. The highest BCUT2D eigenvalue weighted by Crippen LogP contribution is 2.15. The third-order valence-electron chi connectivity index (χ3n) is 1.80. The molecule has 0 N–H and O–H groups in total. The van der Waals surface area contributed by atoms with Crippen molar-refractivity contribution in [1.82, 2.24) is 0 Å². The van der Waals surface area contributed by atoms with Gasteiger partial charge in [-0.3, -0.25) is 9.78 Å². The Kier molecular flexibility index (Phi) is 4.60. The van der Waals surface area contributed by atoms with Gasteiger partial charge in [-0.15, -0.1) is 0 Å². The van der Waals surface area contributed by atoms with E-state index in [0.29, 0.717) is 0 Å². The Morgan fingerprint density at radius 1 is 1.40 bits per heavy atom. The van der Waals surface area contributed by atoms with Crippen molar-refractivity contribution in [3.05, 3.63) is 30.1 Å². The first-order valence-corrected chi connectivity index (χ1v) is 4.86. The molecule has 0 radical (unpaired) electrons. The van der Waals surface area contributed by atoms with Crippen molar-refractivity contribution in [2.45, 2.75) is 26.2 Å². The number of halogens is 1. The maximum Gasteiger partial charge on any atom is 0.355 e. The summed E-state index contributed by atoms with van der Waals surface area (Å²) >= 11 is 0. The molecule has 0 saturated carbocycles. The van der Waals surface area contributed by atoms with E-state index in [-0.39, 0.29) is 12.2 Å². The van der Waals surface area contributed by atoms with Gasteiger partial charge < -0.3 is 0 Å². The molecular formula is C11H13FO3. The Labute approximate surface area is 87.7 Å². The lowest BCUT2D eigenvalue weighted by molar-refractivity contribution is -0.214. The third kappa shape index (κ3) is 3.97. The molecule has 0 fully saturated rings. The number of benzene rings is 1. The number of rotatable bonds is 5. The summed E-state index contributed by atoms with van der Waals surface area (Å²) in [5.41, 5.74) is 0. The fraction of sp³-hybridized carbons (Fsp3) is 0.364. The van der Waals surface area contributed by atoms with Crippen LogP contribution in [0, 0.1) is 5.82 Å². The second-order valence-corrected chi connectivity index (χ2v) is 3.07. The van der Waals surface area contributed by atoms with Crippen LogP contribution in [-0.2, 0) is 9.68 Å². The molecule has 0 bridgehead atoms. The topological polar surface area (TPSA) is 35.5 Å². The average molecular weight is 212 g/mol. The van der Waals surface area contributed by atoms with E-state index in [2.05, 4.69) is 9.78 Å². The van der Waals surface area contributed by atoms with Gasteiger partial charge in [0.2, 0.25) is 5.75 Å². The molecular weight excluding hydrogens is 199 g/mol. The maximum absolute atomic E-state index is 13.0. The first kappa shape index (κ1) is 11.5. The highest BCUT2D eigenvalue weighted by Gasteiger charge is 2.07. The smallest absolute Gasteiger partial charge is 0.284 e. The van der Waals surface area contributed by atoms with Crippen molar-refractivity contribution < 1.29 is 19.0 Å². The fourth-order valence-corrected chi connectivity index (χ4v) is 0.966. The molecule has 0 heterocycles. The van der Waals surface area contributed by atoms with Crippen molar-refractivity contribution >= 4 is 5.97 Å². The lowest BCUT2D eigenvalue weighted by Gasteiger charge is -2.04. The van der Waals surface area contributed by atoms with E-state index in [0.717, 1.165) is 12.8 Å². The Morgan fingerprint density at radius 2 is 2.13 bits per heavy atom. The number of carbonyl (C=O) groups is 1. The minimum absolute atomic E-state index is 0.0812. The summed E-state index contributed by atoms with van der Waals surface area (Å²) in [6, 6.07) is 5.75. The van der Waals surface area contributed by atoms with Crippen LogP contribution in [0.1, 0.15) is 26.2 Å². The summed E-state index contributed by atoms with van der Waals surface area (Å²) in [6.45, 7) is 1.96. The van der Waals surface area contributed by atoms with Crippen molar-refractivity contribution in [3.63, 3.8) is 0 Å². The van der Waals surface area contributed by atoms with E-state index in [4.69, 9.17) is 0 Å². The van der Waals surface area contributed by atoms with Crippen LogP contribution in [0.15, 0.2) is 24.3 Å². The van der Waals surface area contributed by atoms with Crippen molar-refractivity contribution in [1.29, 1.82) is 0 Å². The number of unbranched alkanes of at least 4 members (excludes halogenated alkanes) is 1. The zero-order valence-electron chi connectivity index (χ0n) is 8.53. The van der Waals surface area contributed by atoms with Crippen LogP contribution in [0.4, 0.5) is 4.39 Å². The summed E-state index contributed by atoms with van der Waals surface area (Å²) in [4.78, 5) is 20.0. The summed E-state index contributed by atoms with van der Waals surface area (Å²) in [6.07, 6.45) is 1.92. The second-order valence-electron chi connectivity index (χ2n) is 3.07. The fourth-order valence-electron chi connectivity index (χ4n) is 0.966. The van der Waals surface area contributed by atoms with E-state index in [9.17, 15) is 9.18 Å². The van der Waals surface area contributed by atoms with E-state index in [1.54, 1.807) is 6.07 Å². The second kappa shape index (κ2) is 6.01. The van der Waals surface area contributed by atoms with Crippen LogP contribution in [0.2, 0.25) is 0 Å². The highest BCUT2D eigenvalue weighted by atomic mass is 19.1. The molecule has 1 aromatic rings. The minimum Gasteiger partial charge on any atom is -0.284 e. The summed E-state index contributed by atoms with van der Waals surface area (Å²) in [5.74, 6) is -1.12. The van der Waals surface area contributed by atoms with Gasteiger partial charge in [-0.05, 0) is 18.6 Å². The summed E-state index contributed by atoms with van der Waals surface area (Å²) < 4.78 is 13.0. The Bertz CT molecular complexity index is 325. The lowest BCUT2D eigenvalue weighted by Crippen LogP contribution is -2.08. The van der Waals surface area contributed by atoms with Crippen LogP contribution in [-0.4, -0.2) is 5.97 Å². The Hall–Kier alpha value is -1.58. The maximum atomic E-state index is 13.0. The van der Waals surface area contributed by atoms with Gasteiger partial charge in [-0.1, -0.05) is 25.5 Å². The van der Waals surface area contributed by atoms with Crippen molar-refractivity contribution in [2.24, 2.45) is 0 Å². The molecule has 0 unspecified atom stereocenters. The Balaban J connectivity index is 2.37. The number of para-hydroxylation sites is 1. The number of hydrogen-bond acceptors (Lipinski definition) is 3. The SMILES string of the molecule is CCCCC(=O)OOc1ccccc1F. The number of hydrogen-bond donors (Lipinski definition) is 0. The van der Waals surface area contributed by atoms with E-state index < -0.39 is 11.8 Å². The molecule has 3 nitrogen and oxygen atoms in total. The molecule has 0 spiro atoms. The standard InChI is InChI=1S/C11H13FO3/c1-2-3-8-11(13)15-14-10-7-5-4-6-9(10)12/h4-7H,2-3,8H2,1H3. The zero-order valence-corrected chi connectivity index (χ0v) is 8.53. The van der Waals surface area contributed by atoms with Gasteiger partial charge in [0, 0.05) is 0 Å². The number of carbonyl (C=O) groups excluding carboxylic acids is 1. The quantitative estimate of drug-likeness (QED) is 0.556. The summed E-state index contributed by atoms with van der Waals surface area (Å²) in [5, 5.41) is 0. The van der Waals surface area contributed by atoms with Gasteiger partial charge in [0.1, 0.15) is 0 Å². The monoisotopic (exact) mass is 212 g/mol. The molecule has 82 valence electrons. The van der Waals surface area contributed by atoms with Gasteiger partial charge in [0.25, 0.3) is 0 Å². The van der Waals surface area contributed by atoms with Crippen LogP contribution >= 0.6 is 0 Å². The molecule has 0 aromatic heterocycles. The van der Waals surface area contributed by atoms with Crippen molar-refractivity contribution in [3.8, 4) is 5.75 Å². The van der Waals surface area contributed by atoms with E-state index in [1.165, 1.54) is 18.2 Å². The molecule has 0 saturated heterocycles. The molecule has 4 heteroatoms. The van der Waals surface area contributed by atoms with E-state index in [1.807, 2.05) is 6.92 Å². The normalized spacial score (nSPS) is 9.73. The van der Waals surface area contributed by atoms with E-state index >= 15 is 0 Å². The first-order chi connectivity index (χ1) is 7.24.